The lowest BCUT2D eigenvalue weighted by molar-refractivity contribution is 0.0701. The fourth-order valence-electron chi connectivity index (χ4n) is 1.56. The molecule has 20 heavy (non-hydrogen) atoms. The zero-order valence-electron chi connectivity index (χ0n) is 12.0. The molecule has 1 unspecified atom stereocenters. The van der Waals surface area contributed by atoms with Crippen molar-refractivity contribution in [2.45, 2.75) is 26.4 Å². The quantitative estimate of drug-likeness (QED) is 0.839. The van der Waals surface area contributed by atoms with E-state index in [1.807, 2.05) is 13.2 Å². The van der Waals surface area contributed by atoms with Crippen LogP contribution in [0.25, 0.3) is 0 Å². The molecule has 0 spiro atoms. The molecule has 0 bridgehead atoms. The van der Waals surface area contributed by atoms with Gasteiger partial charge in [0.15, 0.2) is 0 Å². The average molecular weight is 317 g/mol. The van der Waals surface area contributed by atoms with E-state index >= 15 is 0 Å². The Morgan fingerprint density at radius 3 is 2.70 bits per heavy atom. The Kier molecular flexibility index (Phi) is 6.28. The molecule has 0 aliphatic rings. The standard InChI is InChI=1S/C12H19N3O3S2/c1-7(6-19-4)15(3)12(18)13-5-9-14-8(2)10(20-9)11(16)17/h7H,5-6H2,1-4H3,(H,13,18)(H,16,17). The lowest BCUT2D eigenvalue weighted by Crippen LogP contribution is -2.43. The predicted molar refractivity (Wildman–Crippen MR) is 81.7 cm³/mol. The highest BCUT2D eigenvalue weighted by atomic mass is 32.2. The van der Waals surface area contributed by atoms with Gasteiger partial charge >= 0.3 is 12.0 Å². The van der Waals surface area contributed by atoms with Crippen molar-refractivity contribution in [1.29, 1.82) is 0 Å². The smallest absolute Gasteiger partial charge is 0.347 e. The van der Waals surface area contributed by atoms with E-state index in [2.05, 4.69) is 10.3 Å². The van der Waals surface area contributed by atoms with Crippen LogP contribution in [0.15, 0.2) is 0 Å². The van der Waals surface area contributed by atoms with Gasteiger partial charge in [0.1, 0.15) is 9.88 Å². The van der Waals surface area contributed by atoms with E-state index in [1.54, 1.807) is 30.6 Å². The molecule has 1 atom stereocenters. The lowest BCUT2D eigenvalue weighted by Gasteiger charge is -2.24. The number of thioether (sulfide) groups is 1. The van der Waals surface area contributed by atoms with Crippen molar-refractivity contribution < 1.29 is 14.7 Å². The topological polar surface area (TPSA) is 82.5 Å². The van der Waals surface area contributed by atoms with E-state index < -0.39 is 5.97 Å². The van der Waals surface area contributed by atoms with Gasteiger partial charge in [-0.3, -0.25) is 0 Å². The summed E-state index contributed by atoms with van der Waals surface area (Å²) in [7, 11) is 1.74. The molecule has 2 N–H and O–H groups in total. The second kappa shape index (κ2) is 7.49. The van der Waals surface area contributed by atoms with Gasteiger partial charge in [0.25, 0.3) is 0 Å². The number of carboxylic acids is 1. The Balaban J connectivity index is 2.56. The molecule has 6 nitrogen and oxygen atoms in total. The minimum atomic E-state index is -0.983. The minimum Gasteiger partial charge on any atom is -0.477 e. The number of carbonyl (C=O) groups is 2. The first kappa shape index (κ1) is 16.8. The Hall–Kier alpha value is -1.28. The van der Waals surface area contributed by atoms with Crippen LogP contribution in [0.4, 0.5) is 4.79 Å². The summed E-state index contributed by atoms with van der Waals surface area (Å²) in [6.45, 7) is 3.87. The first-order valence-corrected chi connectivity index (χ1v) is 8.27. The molecule has 1 rings (SSSR count). The number of nitrogens with one attached hydrogen (secondary N) is 1. The zero-order chi connectivity index (χ0) is 15.3. The molecule has 0 fully saturated rings. The summed E-state index contributed by atoms with van der Waals surface area (Å²) in [5, 5.41) is 12.3. The van der Waals surface area contributed by atoms with Gasteiger partial charge in [0.05, 0.1) is 12.2 Å². The largest absolute Gasteiger partial charge is 0.477 e. The summed E-state index contributed by atoms with van der Waals surface area (Å²) in [5.74, 6) is -0.119. The Morgan fingerprint density at radius 2 is 2.20 bits per heavy atom. The van der Waals surface area contributed by atoms with Crippen molar-refractivity contribution in [2.24, 2.45) is 0 Å². The van der Waals surface area contributed by atoms with Crippen molar-refractivity contribution in [3.05, 3.63) is 15.6 Å². The number of thiazole rings is 1. The van der Waals surface area contributed by atoms with E-state index in [0.717, 1.165) is 17.1 Å². The molecule has 1 aromatic rings. The van der Waals surface area contributed by atoms with Gasteiger partial charge in [-0.1, -0.05) is 0 Å². The molecule has 1 heterocycles. The first-order chi connectivity index (χ1) is 9.36. The third-order valence-electron chi connectivity index (χ3n) is 2.82. The van der Waals surface area contributed by atoms with Crippen molar-refractivity contribution in [3.8, 4) is 0 Å². The number of hydrogen-bond donors (Lipinski definition) is 2. The molecule has 0 aliphatic heterocycles. The number of rotatable bonds is 6. The first-order valence-electron chi connectivity index (χ1n) is 6.06. The minimum absolute atomic E-state index is 0.137. The molecular formula is C12H19N3O3S2. The highest BCUT2D eigenvalue weighted by Gasteiger charge is 2.17. The van der Waals surface area contributed by atoms with Gasteiger partial charge in [0.2, 0.25) is 0 Å². The molecule has 2 amide bonds. The van der Waals surface area contributed by atoms with Gasteiger partial charge in [-0.15, -0.1) is 11.3 Å². The van der Waals surface area contributed by atoms with E-state index in [4.69, 9.17) is 5.11 Å². The number of carbonyl (C=O) groups excluding carboxylic acids is 1. The number of urea groups is 1. The Bertz CT molecular complexity index is 490. The molecule has 0 saturated heterocycles. The number of amides is 2. The number of aromatic nitrogens is 1. The van der Waals surface area contributed by atoms with Crippen LogP contribution in [0.3, 0.4) is 0 Å². The van der Waals surface area contributed by atoms with Crippen LogP contribution in [0.2, 0.25) is 0 Å². The van der Waals surface area contributed by atoms with Crippen LogP contribution in [0, 0.1) is 6.92 Å². The van der Waals surface area contributed by atoms with Gasteiger partial charge in [-0.2, -0.15) is 11.8 Å². The summed E-state index contributed by atoms with van der Waals surface area (Å²) >= 11 is 2.77. The second-order valence-corrected chi connectivity index (χ2v) is 6.40. The molecule has 8 heteroatoms. The molecule has 112 valence electrons. The monoisotopic (exact) mass is 317 g/mol. The summed E-state index contributed by atoms with van der Waals surface area (Å²) in [5.41, 5.74) is 0.482. The van der Waals surface area contributed by atoms with Gasteiger partial charge in [-0.25, -0.2) is 14.6 Å². The fourth-order valence-corrected chi connectivity index (χ4v) is 3.10. The maximum atomic E-state index is 11.9. The van der Waals surface area contributed by atoms with E-state index in [9.17, 15) is 9.59 Å². The number of carboxylic acid groups (broad SMARTS) is 1. The third kappa shape index (κ3) is 4.38. The normalized spacial score (nSPS) is 12.0. The lowest BCUT2D eigenvalue weighted by atomic mass is 10.3. The number of nitrogens with zero attached hydrogens (tertiary/aromatic N) is 2. The summed E-state index contributed by atoms with van der Waals surface area (Å²) in [4.78, 5) is 28.8. The Labute approximate surface area is 126 Å². The van der Waals surface area contributed by atoms with Crippen molar-refractivity contribution in [2.75, 3.05) is 19.1 Å². The second-order valence-electron chi connectivity index (χ2n) is 4.40. The van der Waals surface area contributed by atoms with Crippen LogP contribution in [-0.2, 0) is 6.54 Å². The van der Waals surface area contributed by atoms with Crippen LogP contribution in [0.1, 0.15) is 27.3 Å². The zero-order valence-corrected chi connectivity index (χ0v) is 13.6. The van der Waals surface area contributed by atoms with Gasteiger partial charge in [0, 0.05) is 18.8 Å². The predicted octanol–water partition coefficient (Wildman–Crippen LogP) is 2.04. The van der Waals surface area contributed by atoms with Crippen LogP contribution < -0.4 is 5.32 Å². The maximum Gasteiger partial charge on any atom is 0.347 e. The molecule has 0 aromatic carbocycles. The highest BCUT2D eigenvalue weighted by Crippen LogP contribution is 2.17. The van der Waals surface area contributed by atoms with E-state index in [-0.39, 0.29) is 23.5 Å². The van der Waals surface area contributed by atoms with Crippen LogP contribution in [-0.4, -0.2) is 52.1 Å². The summed E-state index contributed by atoms with van der Waals surface area (Å²) in [6.07, 6.45) is 1.99. The number of aryl methyl sites for hydroxylation is 1. The van der Waals surface area contributed by atoms with Crippen LogP contribution >= 0.6 is 23.1 Å². The van der Waals surface area contributed by atoms with Crippen molar-refractivity contribution in [1.82, 2.24) is 15.2 Å². The summed E-state index contributed by atoms with van der Waals surface area (Å²) in [6, 6.07) is -0.0473. The highest BCUT2D eigenvalue weighted by molar-refractivity contribution is 7.98. The maximum absolute atomic E-state index is 11.9. The van der Waals surface area contributed by atoms with Crippen molar-refractivity contribution >= 4 is 35.1 Å². The molecule has 0 radical (unpaired) electrons. The Morgan fingerprint density at radius 1 is 1.55 bits per heavy atom. The van der Waals surface area contributed by atoms with Crippen molar-refractivity contribution in [3.63, 3.8) is 0 Å². The van der Waals surface area contributed by atoms with Gasteiger partial charge < -0.3 is 15.3 Å². The average Bonchev–Trinajstić information content (AvgIpc) is 2.76. The molecular weight excluding hydrogens is 298 g/mol. The number of aromatic carboxylic acids is 1. The van der Waals surface area contributed by atoms with Gasteiger partial charge in [-0.05, 0) is 20.1 Å². The van der Waals surface area contributed by atoms with Crippen LogP contribution in [0.5, 0.6) is 0 Å². The van der Waals surface area contributed by atoms with E-state index in [1.165, 1.54) is 0 Å². The third-order valence-corrected chi connectivity index (χ3v) is 4.78. The SMILES string of the molecule is CSCC(C)N(C)C(=O)NCc1nc(C)c(C(=O)O)s1. The fraction of sp³-hybridized carbons (Fsp3) is 0.583. The number of hydrogen-bond acceptors (Lipinski definition) is 5. The molecule has 0 aliphatic carbocycles. The van der Waals surface area contributed by atoms with E-state index in [0.29, 0.717) is 10.7 Å². The molecule has 0 saturated carbocycles. The molecule has 1 aromatic heterocycles. The summed E-state index contributed by atoms with van der Waals surface area (Å²) < 4.78 is 0.